The second-order valence-corrected chi connectivity index (χ2v) is 6.51. The van der Waals surface area contributed by atoms with Gasteiger partial charge in [0, 0.05) is 23.1 Å². The number of benzene rings is 1. The fourth-order valence-electron chi connectivity index (χ4n) is 2.50. The number of hydrogen-bond acceptors (Lipinski definition) is 2. The molecule has 1 aromatic rings. The summed E-state index contributed by atoms with van der Waals surface area (Å²) in [6.07, 6.45) is 1.34. The highest BCUT2D eigenvalue weighted by Crippen LogP contribution is 2.30. The molecule has 5 heteroatoms. The van der Waals surface area contributed by atoms with Gasteiger partial charge in [-0.05, 0) is 44.4 Å². The van der Waals surface area contributed by atoms with Gasteiger partial charge in [-0.3, -0.25) is 9.59 Å². The number of nitrogens with zero attached hydrogens (tertiary/aromatic N) is 1. The number of carbonyl (C=O) groups excluding carboxylic acids is 1. The van der Waals surface area contributed by atoms with Gasteiger partial charge in [0.2, 0.25) is 0 Å². The number of rotatable bonds is 2. The smallest absolute Gasteiger partial charge is 0.311 e. The monoisotopic (exact) mass is 339 g/mol. The quantitative estimate of drug-likeness (QED) is 0.900. The summed E-state index contributed by atoms with van der Waals surface area (Å²) in [5, 5.41) is 9.30. The van der Waals surface area contributed by atoms with E-state index in [-0.39, 0.29) is 12.5 Å². The summed E-state index contributed by atoms with van der Waals surface area (Å²) in [5.74, 6) is -0.932. The maximum atomic E-state index is 12.5. The first kappa shape index (κ1) is 15.0. The molecule has 1 aliphatic heterocycles. The van der Waals surface area contributed by atoms with Crippen molar-refractivity contribution in [2.45, 2.75) is 26.7 Å². The molecule has 1 N–H and O–H groups in total. The molecule has 1 fully saturated rings. The van der Waals surface area contributed by atoms with Gasteiger partial charge in [-0.25, -0.2) is 0 Å². The molecule has 1 unspecified atom stereocenters. The highest BCUT2D eigenvalue weighted by Gasteiger charge is 2.39. The van der Waals surface area contributed by atoms with Crippen molar-refractivity contribution in [3.63, 3.8) is 0 Å². The van der Waals surface area contributed by atoms with Crippen LogP contribution in [0.5, 0.6) is 0 Å². The van der Waals surface area contributed by atoms with Crippen LogP contribution in [0.25, 0.3) is 0 Å². The number of aryl methyl sites for hydroxylation is 1. The summed E-state index contributed by atoms with van der Waals surface area (Å²) in [4.78, 5) is 25.5. The Labute approximate surface area is 126 Å². The number of carboxylic acid groups (broad SMARTS) is 1. The number of likely N-dealkylation sites (tertiary alicyclic amines) is 1. The number of piperidine rings is 1. The first-order valence-corrected chi connectivity index (χ1v) is 7.42. The van der Waals surface area contributed by atoms with E-state index in [9.17, 15) is 14.7 Å². The minimum atomic E-state index is -0.837. The molecule has 2 rings (SSSR count). The van der Waals surface area contributed by atoms with Crippen LogP contribution in [0.1, 0.15) is 35.7 Å². The van der Waals surface area contributed by atoms with Crippen molar-refractivity contribution in [2.24, 2.45) is 5.41 Å². The molecule has 108 valence electrons. The lowest BCUT2D eigenvalue weighted by Gasteiger charge is -2.37. The number of halogens is 1. The third-order valence-corrected chi connectivity index (χ3v) is 4.77. The van der Waals surface area contributed by atoms with E-state index >= 15 is 0 Å². The van der Waals surface area contributed by atoms with Gasteiger partial charge >= 0.3 is 5.97 Å². The van der Waals surface area contributed by atoms with Gasteiger partial charge in [0.05, 0.1) is 5.41 Å². The second kappa shape index (κ2) is 5.56. The average molecular weight is 340 g/mol. The average Bonchev–Trinajstić information content (AvgIpc) is 2.41. The van der Waals surface area contributed by atoms with Crippen LogP contribution in [0.2, 0.25) is 0 Å². The first-order chi connectivity index (χ1) is 9.33. The van der Waals surface area contributed by atoms with Crippen molar-refractivity contribution in [1.82, 2.24) is 4.90 Å². The summed E-state index contributed by atoms with van der Waals surface area (Å²) in [6, 6.07) is 5.47. The van der Waals surface area contributed by atoms with Crippen LogP contribution in [0.15, 0.2) is 22.7 Å². The van der Waals surface area contributed by atoms with Crippen LogP contribution >= 0.6 is 15.9 Å². The molecule has 1 aliphatic rings. The van der Waals surface area contributed by atoms with E-state index in [1.165, 1.54) is 0 Å². The van der Waals surface area contributed by atoms with Crippen molar-refractivity contribution in [1.29, 1.82) is 0 Å². The Hall–Kier alpha value is -1.36. The Balaban J connectivity index is 2.20. The number of carboxylic acids is 1. The van der Waals surface area contributed by atoms with E-state index < -0.39 is 11.4 Å². The van der Waals surface area contributed by atoms with Crippen LogP contribution in [0.3, 0.4) is 0 Å². The molecule has 1 saturated heterocycles. The molecular formula is C15H18BrNO3. The minimum Gasteiger partial charge on any atom is -0.481 e. The van der Waals surface area contributed by atoms with Crippen molar-refractivity contribution in [2.75, 3.05) is 13.1 Å². The molecule has 0 saturated carbocycles. The molecular weight excluding hydrogens is 322 g/mol. The molecule has 0 radical (unpaired) electrons. The zero-order valence-electron chi connectivity index (χ0n) is 11.6. The predicted octanol–water partition coefficient (Wildman–Crippen LogP) is 3.08. The molecule has 1 aromatic carbocycles. The first-order valence-electron chi connectivity index (χ1n) is 6.62. The Morgan fingerprint density at radius 1 is 1.40 bits per heavy atom. The highest BCUT2D eigenvalue weighted by atomic mass is 79.9. The summed E-state index contributed by atoms with van der Waals surface area (Å²) in [6.45, 7) is 4.56. The highest BCUT2D eigenvalue weighted by molar-refractivity contribution is 9.10. The molecule has 0 aliphatic carbocycles. The molecule has 1 heterocycles. The molecule has 4 nitrogen and oxygen atoms in total. The van der Waals surface area contributed by atoms with Crippen molar-refractivity contribution in [3.05, 3.63) is 33.8 Å². The third-order valence-electron chi connectivity index (χ3n) is 3.92. The molecule has 1 amide bonds. The Bertz CT molecular complexity index is 558. The lowest BCUT2D eigenvalue weighted by Crippen LogP contribution is -2.48. The van der Waals surface area contributed by atoms with E-state index in [1.807, 2.05) is 13.0 Å². The van der Waals surface area contributed by atoms with Gasteiger partial charge in [-0.2, -0.15) is 0 Å². The lowest BCUT2D eigenvalue weighted by atomic mass is 9.82. The molecule has 20 heavy (non-hydrogen) atoms. The van der Waals surface area contributed by atoms with Gasteiger partial charge in [0.15, 0.2) is 0 Å². The van der Waals surface area contributed by atoms with Crippen LogP contribution in [-0.2, 0) is 4.79 Å². The van der Waals surface area contributed by atoms with Crippen molar-refractivity contribution < 1.29 is 14.7 Å². The maximum Gasteiger partial charge on any atom is 0.311 e. The third kappa shape index (κ3) is 2.87. The normalized spacial score (nSPS) is 22.6. The fraction of sp³-hybridized carbons (Fsp3) is 0.467. The summed E-state index contributed by atoms with van der Waals surface area (Å²) in [5.41, 5.74) is 0.822. The summed E-state index contributed by atoms with van der Waals surface area (Å²) < 4.78 is 0.890. The Kier molecular flexibility index (Phi) is 4.18. The standard InChI is InChI=1S/C15H18BrNO3/c1-10-4-5-11(8-12(10)16)13(18)17-7-3-6-15(2,9-17)14(19)20/h4-5,8H,3,6-7,9H2,1-2H3,(H,19,20). The van der Waals surface area contributed by atoms with Crippen molar-refractivity contribution in [3.8, 4) is 0 Å². The SMILES string of the molecule is Cc1ccc(C(=O)N2CCCC(C)(C(=O)O)C2)cc1Br. The van der Waals surface area contributed by atoms with E-state index in [0.717, 1.165) is 16.5 Å². The largest absolute Gasteiger partial charge is 0.481 e. The summed E-state index contributed by atoms with van der Waals surface area (Å²) >= 11 is 3.42. The van der Waals surface area contributed by atoms with E-state index in [4.69, 9.17) is 0 Å². The number of hydrogen-bond donors (Lipinski definition) is 1. The lowest BCUT2D eigenvalue weighted by molar-refractivity contribution is -0.150. The molecule has 0 spiro atoms. The van der Waals surface area contributed by atoms with E-state index in [2.05, 4.69) is 15.9 Å². The van der Waals surface area contributed by atoms with Gasteiger partial charge in [0.1, 0.15) is 0 Å². The van der Waals surface area contributed by atoms with Crippen molar-refractivity contribution >= 4 is 27.8 Å². The predicted molar refractivity (Wildman–Crippen MR) is 79.8 cm³/mol. The molecule has 0 bridgehead atoms. The zero-order valence-corrected chi connectivity index (χ0v) is 13.2. The Morgan fingerprint density at radius 2 is 2.10 bits per heavy atom. The van der Waals surface area contributed by atoms with E-state index in [1.54, 1.807) is 24.0 Å². The van der Waals surface area contributed by atoms with Gasteiger partial charge in [0.25, 0.3) is 5.91 Å². The minimum absolute atomic E-state index is 0.0992. The van der Waals surface area contributed by atoms with Gasteiger partial charge in [-0.1, -0.05) is 22.0 Å². The van der Waals surface area contributed by atoms with Crippen LogP contribution in [0, 0.1) is 12.3 Å². The van der Waals surface area contributed by atoms with Crippen LogP contribution in [0.4, 0.5) is 0 Å². The maximum absolute atomic E-state index is 12.5. The summed E-state index contributed by atoms with van der Waals surface area (Å²) in [7, 11) is 0. The molecule has 1 atom stereocenters. The Morgan fingerprint density at radius 3 is 2.70 bits per heavy atom. The number of aliphatic carboxylic acids is 1. The number of amides is 1. The topological polar surface area (TPSA) is 57.6 Å². The van der Waals surface area contributed by atoms with Gasteiger partial charge in [-0.15, -0.1) is 0 Å². The molecule has 0 aromatic heterocycles. The van der Waals surface area contributed by atoms with Gasteiger partial charge < -0.3 is 10.0 Å². The second-order valence-electron chi connectivity index (χ2n) is 5.66. The fourth-order valence-corrected chi connectivity index (χ4v) is 2.87. The number of carbonyl (C=O) groups is 2. The van der Waals surface area contributed by atoms with E-state index in [0.29, 0.717) is 18.5 Å². The van der Waals surface area contributed by atoms with Crippen LogP contribution in [-0.4, -0.2) is 35.0 Å². The van der Waals surface area contributed by atoms with Crippen LogP contribution < -0.4 is 0 Å². The zero-order chi connectivity index (χ0) is 14.9.